The molecular formula is C11H15NO2. The van der Waals surface area contributed by atoms with Gasteiger partial charge in [-0.3, -0.25) is 4.79 Å². The Hall–Kier alpha value is -1.35. The third kappa shape index (κ3) is 2.85. The minimum atomic E-state index is -1.41. The second-order valence-corrected chi connectivity index (χ2v) is 3.62. The number of nitrogens with two attached hydrogens (primary N) is 1. The monoisotopic (exact) mass is 193 g/mol. The molecule has 0 aliphatic carbocycles. The van der Waals surface area contributed by atoms with Gasteiger partial charge in [0, 0.05) is 0 Å². The van der Waals surface area contributed by atoms with Crippen molar-refractivity contribution in [1.82, 2.24) is 0 Å². The van der Waals surface area contributed by atoms with Gasteiger partial charge in [-0.1, -0.05) is 30.3 Å². The van der Waals surface area contributed by atoms with Gasteiger partial charge in [0.25, 0.3) is 0 Å². The minimum Gasteiger partial charge on any atom is -0.380 e. The molecule has 14 heavy (non-hydrogen) atoms. The van der Waals surface area contributed by atoms with Crippen LogP contribution in [0, 0.1) is 0 Å². The summed E-state index contributed by atoms with van der Waals surface area (Å²) in [6.45, 7) is 1.44. The molecule has 0 saturated heterocycles. The molecule has 1 aromatic rings. The topological polar surface area (TPSA) is 63.3 Å². The van der Waals surface area contributed by atoms with E-state index in [1.165, 1.54) is 6.92 Å². The smallest absolute Gasteiger partial charge is 0.249 e. The Morgan fingerprint density at radius 2 is 2.00 bits per heavy atom. The molecule has 3 nitrogen and oxygen atoms in total. The van der Waals surface area contributed by atoms with Crippen LogP contribution in [0.3, 0.4) is 0 Å². The fraction of sp³-hybridized carbons (Fsp3) is 0.364. The number of aryl methyl sites for hydroxylation is 1. The van der Waals surface area contributed by atoms with Crippen LogP contribution in [0.25, 0.3) is 0 Å². The van der Waals surface area contributed by atoms with Crippen molar-refractivity contribution in [1.29, 1.82) is 0 Å². The average Bonchev–Trinajstić information content (AvgIpc) is 2.16. The predicted molar refractivity (Wildman–Crippen MR) is 54.6 cm³/mol. The molecule has 1 aromatic carbocycles. The van der Waals surface area contributed by atoms with Crippen LogP contribution >= 0.6 is 0 Å². The lowest BCUT2D eigenvalue weighted by atomic mass is 9.96. The highest BCUT2D eigenvalue weighted by molar-refractivity contribution is 5.82. The Morgan fingerprint density at radius 1 is 1.43 bits per heavy atom. The van der Waals surface area contributed by atoms with Crippen molar-refractivity contribution in [2.24, 2.45) is 5.73 Å². The van der Waals surface area contributed by atoms with Crippen LogP contribution in [-0.2, 0) is 11.2 Å². The van der Waals surface area contributed by atoms with Crippen LogP contribution in [0.4, 0.5) is 0 Å². The summed E-state index contributed by atoms with van der Waals surface area (Å²) in [5.41, 5.74) is 4.73. The predicted octanol–water partition coefficient (Wildman–Crippen LogP) is 0.855. The van der Waals surface area contributed by atoms with Crippen molar-refractivity contribution in [3.05, 3.63) is 35.9 Å². The summed E-state index contributed by atoms with van der Waals surface area (Å²) in [7, 11) is 0. The second kappa shape index (κ2) is 4.24. The molecule has 76 valence electrons. The number of aliphatic hydroxyl groups is 1. The van der Waals surface area contributed by atoms with Crippen molar-refractivity contribution >= 4 is 5.91 Å². The van der Waals surface area contributed by atoms with Crippen molar-refractivity contribution in [3.63, 3.8) is 0 Å². The van der Waals surface area contributed by atoms with E-state index in [4.69, 9.17) is 5.73 Å². The number of carbonyl (C=O) groups is 1. The van der Waals surface area contributed by atoms with Crippen LogP contribution in [0.15, 0.2) is 30.3 Å². The summed E-state index contributed by atoms with van der Waals surface area (Å²) in [6.07, 6.45) is 1.00. The van der Waals surface area contributed by atoms with E-state index in [-0.39, 0.29) is 0 Å². The molecule has 1 rings (SSSR count). The Bertz CT molecular complexity index is 306. The summed E-state index contributed by atoms with van der Waals surface area (Å²) >= 11 is 0. The van der Waals surface area contributed by atoms with Crippen LogP contribution < -0.4 is 5.73 Å². The summed E-state index contributed by atoms with van der Waals surface area (Å²) in [5, 5.41) is 9.58. The van der Waals surface area contributed by atoms with Gasteiger partial charge < -0.3 is 10.8 Å². The molecule has 0 fully saturated rings. The van der Waals surface area contributed by atoms with Crippen molar-refractivity contribution in [2.75, 3.05) is 0 Å². The zero-order valence-corrected chi connectivity index (χ0v) is 8.23. The Labute approximate surface area is 83.6 Å². The number of rotatable bonds is 4. The average molecular weight is 193 g/mol. The third-order valence-corrected chi connectivity index (χ3v) is 2.27. The van der Waals surface area contributed by atoms with Crippen molar-refractivity contribution in [2.45, 2.75) is 25.4 Å². The van der Waals surface area contributed by atoms with Gasteiger partial charge in [-0.2, -0.15) is 0 Å². The molecule has 0 spiro atoms. The first-order chi connectivity index (χ1) is 6.52. The van der Waals surface area contributed by atoms with Crippen molar-refractivity contribution < 1.29 is 9.90 Å². The Balaban J connectivity index is 2.53. The van der Waals surface area contributed by atoms with E-state index in [1.54, 1.807) is 0 Å². The number of benzene rings is 1. The normalized spacial score (nSPS) is 14.7. The van der Waals surface area contributed by atoms with Gasteiger partial charge in [0.2, 0.25) is 5.91 Å². The molecule has 1 amide bonds. The van der Waals surface area contributed by atoms with E-state index < -0.39 is 11.5 Å². The molecule has 0 heterocycles. The molecule has 0 aliphatic rings. The molecule has 3 heteroatoms. The number of hydrogen-bond donors (Lipinski definition) is 2. The maximum absolute atomic E-state index is 10.8. The first-order valence-corrected chi connectivity index (χ1v) is 4.58. The highest BCUT2D eigenvalue weighted by Gasteiger charge is 2.26. The quantitative estimate of drug-likeness (QED) is 0.744. The highest BCUT2D eigenvalue weighted by Crippen LogP contribution is 2.13. The lowest BCUT2D eigenvalue weighted by Gasteiger charge is -2.18. The molecule has 0 aromatic heterocycles. The standard InChI is InChI=1S/C11H15NO2/c1-11(14,10(12)13)8-7-9-5-3-2-4-6-9/h2-6,14H,7-8H2,1H3,(H2,12,13). The van der Waals surface area contributed by atoms with E-state index in [0.29, 0.717) is 12.8 Å². The molecule has 1 atom stereocenters. The first kappa shape index (κ1) is 10.7. The second-order valence-electron chi connectivity index (χ2n) is 3.62. The third-order valence-electron chi connectivity index (χ3n) is 2.27. The summed E-state index contributed by atoms with van der Waals surface area (Å²) in [5.74, 6) is -0.673. The SMILES string of the molecule is CC(O)(CCc1ccccc1)C(N)=O. The number of primary amides is 1. The molecular weight excluding hydrogens is 178 g/mol. The van der Waals surface area contributed by atoms with E-state index >= 15 is 0 Å². The largest absolute Gasteiger partial charge is 0.380 e. The molecule has 3 N–H and O–H groups in total. The molecule has 1 unspecified atom stereocenters. The van der Waals surface area contributed by atoms with Gasteiger partial charge >= 0.3 is 0 Å². The molecule has 0 aliphatic heterocycles. The number of carbonyl (C=O) groups excluding carboxylic acids is 1. The Kier molecular flexibility index (Phi) is 3.25. The summed E-state index contributed by atoms with van der Waals surface area (Å²) < 4.78 is 0. The first-order valence-electron chi connectivity index (χ1n) is 4.58. The van der Waals surface area contributed by atoms with E-state index in [0.717, 1.165) is 5.56 Å². The van der Waals surface area contributed by atoms with E-state index in [9.17, 15) is 9.90 Å². The fourth-order valence-electron chi connectivity index (χ4n) is 1.16. The highest BCUT2D eigenvalue weighted by atomic mass is 16.3. The summed E-state index contributed by atoms with van der Waals surface area (Å²) in [6, 6.07) is 9.69. The molecule has 0 radical (unpaired) electrons. The maximum Gasteiger partial charge on any atom is 0.249 e. The van der Waals surface area contributed by atoms with E-state index in [1.807, 2.05) is 30.3 Å². The lowest BCUT2D eigenvalue weighted by Crippen LogP contribution is -2.41. The number of hydrogen-bond acceptors (Lipinski definition) is 2. The van der Waals surface area contributed by atoms with Crippen LogP contribution in [-0.4, -0.2) is 16.6 Å². The van der Waals surface area contributed by atoms with Crippen LogP contribution in [0.2, 0.25) is 0 Å². The van der Waals surface area contributed by atoms with E-state index in [2.05, 4.69) is 0 Å². The van der Waals surface area contributed by atoms with Gasteiger partial charge in [0.15, 0.2) is 0 Å². The fourth-order valence-corrected chi connectivity index (χ4v) is 1.16. The molecule has 0 bridgehead atoms. The number of amides is 1. The van der Waals surface area contributed by atoms with Gasteiger partial charge in [0.1, 0.15) is 5.60 Å². The minimum absolute atomic E-state index is 0.354. The van der Waals surface area contributed by atoms with Gasteiger partial charge in [-0.15, -0.1) is 0 Å². The van der Waals surface area contributed by atoms with Gasteiger partial charge in [-0.05, 0) is 25.3 Å². The maximum atomic E-state index is 10.8. The molecule has 0 saturated carbocycles. The van der Waals surface area contributed by atoms with Crippen LogP contribution in [0.1, 0.15) is 18.9 Å². The Morgan fingerprint density at radius 3 is 2.50 bits per heavy atom. The zero-order valence-electron chi connectivity index (χ0n) is 8.23. The van der Waals surface area contributed by atoms with Gasteiger partial charge in [0.05, 0.1) is 0 Å². The van der Waals surface area contributed by atoms with Crippen LogP contribution in [0.5, 0.6) is 0 Å². The zero-order chi connectivity index (χ0) is 10.6. The summed E-state index contributed by atoms with van der Waals surface area (Å²) in [4.78, 5) is 10.8. The van der Waals surface area contributed by atoms with Crippen molar-refractivity contribution in [3.8, 4) is 0 Å². The van der Waals surface area contributed by atoms with Gasteiger partial charge in [-0.25, -0.2) is 0 Å². The lowest BCUT2D eigenvalue weighted by molar-refractivity contribution is -0.135.